The summed E-state index contributed by atoms with van der Waals surface area (Å²) >= 11 is 6.60. The summed E-state index contributed by atoms with van der Waals surface area (Å²) in [5, 5.41) is 0. The zero-order chi connectivity index (χ0) is 44.5. The Balaban J connectivity index is 2.42. The van der Waals surface area contributed by atoms with Crippen molar-refractivity contribution in [1.29, 1.82) is 0 Å². The van der Waals surface area contributed by atoms with Gasteiger partial charge in [-0.3, -0.25) is 0 Å². The van der Waals surface area contributed by atoms with Gasteiger partial charge in [0.15, 0.2) is 0 Å². The number of rotatable bonds is 52. The standard InChI is InChI=1S/C59H112S3/c1-5-9-12-15-18-21-24-27-30-33-36-39-42-45-48-51-60-57-54-56(8-4)55-58(61-52-49-46-43-40-37-34-31-28-25-22-19-16-13-10-6-2)59(57)62-53-50-47-44-41-38-35-32-29-26-23-20-17-14-11-7-3/h54-55H,5-53H2,1-4H3. The number of thioether (sulfide) groups is 3. The van der Waals surface area contributed by atoms with Crippen molar-refractivity contribution in [2.45, 2.75) is 338 Å². The van der Waals surface area contributed by atoms with Crippen molar-refractivity contribution in [1.82, 2.24) is 0 Å². The Morgan fingerprint density at radius 1 is 0.242 bits per heavy atom. The van der Waals surface area contributed by atoms with Crippen LogP contribution in [0.2, 0.25) is 0 Å². The second-order valence-corrected chi connectivity index (χ2v) is 23.0. The average molecular weight is 918 g/mol. The van der Waals surface area contributed by atoms with Crippen LogP contribution in [0.15, 0.2) is 26.8 Å². The van der Waals surface area contributed by atoms with Crippen LogP contribution in [0, 0.1) is 0 Å². The van der Waals surface area contributed by atoms with E-state index in [9.17, 15) is 0 Å². The molecule has 1 rings (SSSR count). The van der Waals surface area contributed by atoms with E-state index in [1.165, 1.54) is 306 Å². The second-order valence-electron chi connectivity index (χ2n) is 19.7. The summed E-state index contributed by atoms with van der Waals surface area (Å²) in [5.41, 5.74) is 1.55. The van der Waals surface area contributed by atoms with Gasteiger partial charge in [0.05, 0.1) is 0 Å². The van der Waals surface area contributed by atoms with Crippen LogP contribution in [0.5, 0.6) is 0 Å². The summed E-state index contributed by atoms with van der Waals surface area (Å²) in [6, 6.07) is 5.17. The fourth-order valence-corrected chi connectivity index (χ4v) is 13.0. The van der Waals surface area contributed by atoms with E-state index >= 15 is 0 Å². The topological polar surface area (TPSA) is 0 Å². The molecule has 0 atom stereocenters. The smallest absolute Gasteiger partial charge is 0.0344 e. The molecule has 0 aliphatic carbocycles. The summed E-state index contributed by atoms with van der Waals surface area (Å²) in [4.78, 5) is 4.86. The van der Waals surface area contributed by atoms with Crippen molar-refractivity contribution in [3.8, 4) is 0 Å². The van der Waals surface area contributed by atoms with Crippen LogP contribution in [0.25, 0.3) is 0 Å². The molecule has 0 nitrogen and oxygen atoms in total. The number of unbranched alkanes of at least 4 members (excludes halogenated alkanes) is 42. The lowest BCUT2D eigenvalue weighted by Gasteiger charge is -2.16. The van der Waals surface area contributed by atoms with E-state index in [1.54, 1.807) is 20.2 Å². The molecule has 0 fully saturated rings. The van der Waals surface area contributed by atoms with Gasteiger partial charge in [-0.05, 0) is 60.6 Å². The Labute approximate surface area is 405 Å². The maximum absolute atomic E-state index is 2.59. The molecule has 0 aromatic heterocycles. The average Bonchev–Trinajstić information content (AvgIpc) is 3.28. The minimum Gasteiger partial charge on any atom is -0.125 e. The first-order chi connectivity index (χ1) is 30.8. The van der Waals surface area contributed by atoms with Gasteiger partial charge in [0.2, 0.25) is 0 Å². The van der Waals surface area contributed by atoms with Crippen LogP contribution in [0.3, 0.4) is 0 Å². The molecule has 0 saturated carbocycles. The molecule has 1 aromatic rings. The van der Waals surface area contributed by atoms with Gasteiger partial charge < -0.3 is 0 Å². The van der Waals surface area contributed by atoms with Gasteiger partial charge in [0, 0.05) is 14.7 Å². The number of hydrogen-bond acceptors (Lipinski definition) is 3. The monoisotopic (exact) mass is 917 g/mol. The first-order valence-corrected chi connectivity index (χ1v) is 31.8. The van der Waals surface area contributed by atoms with Crippen molar-refractivity contribution in [3.05, 3.63) is 17.7 Å². The van der Waals surface area contributed by atoms with Crippen molar-refractivity contribution in [3.63, 3.8) is 0 Å². The molecule has 0 aliphatic heterocycles. The second kappa shape index (κ2) is 50.7. The fourth-order valence-electron chi connectivity index (χ4n) is 9.15. The van der Waals surface area contributed by atoms with Crippen LogP contribution < -0.4 is 0 Å². The van der Waals surface area contributed by atoms with E-state index in [4.69, 9.17) is 0 Å². The molecule has 62 heavy (non-hydrogen) atoms. The molecule has 0 saturated heterocycles. The molecule has 0 spiro atoms. The molecule has 0 unspecified atom stereocenters. The molecular formula is C59H112S3. The first-order valence-electron chi connectivity index (χ1n) is 28.8. The molecule has 0 amide bonds. The van der Waals surface area contributed by atoms with Gasteiger partial charge in [0.25, 0.3) is 0 Å². The van der Waals surface area contributed by atoms with E-state index in [-0.39, 0.29) is 0 Å². The Morgan fingerprint density at radius 2 is 0.435 bits per heavy atom. The third-order valence-electron chi connectivity index (χ3n) is 13.5. The van der Waals surface area contributed by atoms with Crippen molar-refractivity contribution in [2.24, 2.45) is 0 Å². The predicted octanol–water partition coefficient (Wildman–Crippen LogP) is 23.1. The Bertz CT molecular complexity index is 948. The maximum Gasteiger partial charge on any atom is 0.0344 e. The Hall–Kier alpha value is 0.270. The Kier molecular flexibility index (Phi) is 49.3. The van der Waals surface area contributed by atoms with Crippen LogP contribution in [0.4, 0.5) is 0 Å². The maximum atomic E-state index is 2.59. The summed E-state index contributed by atoms with van der Waals surface area (Å²) in [6.45, 7) is 9.32. The molecule has 3 heteroatoms. The summed E-state index contributed by atoms with van der Waals surface area (Å²) in [5.74, 6) is 3.88. The van der Waals surface area contributed by atoms with Gasteiger partial charge in [-0.2, -0.15) is 0 Å². The van der Waals surface area contributed by atoms with E-state index in [0.717, 1.165) is 6.42 Å². The zero-order valence-electron chi connectivity index (χ0n) is 43.0. The number of hydrogen-bond donors (Lipinski definition) is 0. The van der Waals surface area contributed by atoms with E-state index in [1.807, 2.05) is 0 Å². The highest BCUT2D eigenvalue weighted by molar-refractivity contribution is 8.03. The highest BCUT2D eigenvalue weighted by Gasteiger charge is 2.13. The zero-order valence-corrected chi connectivity index (χ0v) is 45.5. The SMILES string of the molecule is CCCCCCCCCCCCCCCCCSc1cc(CC)cc(SCCCCCCCCCCCCCCCCC)c1SCCCCCCCCCCCCCCCCC. The molecule has 1 aromatic carbocycles. The molecule has 0 aliphatic rings. The minimum absolute atomic E-state index is 1.16. The van der Waals surface area contributed by atoms with Gasteiger partial charge >= 0.3 is 0 Å². The summed E-state index contributed by atoms with van der Waals surface area (Å²) in [7, 11) is 0. The van der Waals surface area contributed by atoms with Gasteiger partial charge in [-0.15, -0.1) is 35.3 Å². The van der Waals surface area contributed by atoms with E-state index in [0.29, 0.717) is 0 Å². The quantitative estimate of drug-likeness (QED) is 0.0472. The lowest BCUT2D eigenvalue weighted by Crippen LogP contribution is -1.94. The van der Waals surface area contributed by atoms with Crippen LogP contribution in [-0.4, -0.2) is 17.3 Å². The fraction of sp³-hybridized carbons (Fsp3) is 0.898. The summed E-state index contributed by atoms with van der Waals surface area (Å²) in [6.07, 6.45) is 66.3. The van der Waals surface area contributed by atoms with Crippen molar-refractivity contribution < 1.29 is 0 Å². The highest BCUT2D eigenvalue weighted by Crippen LogP contribution is 2.41. The molecule has 366 valence electrons. The van der Waals surface area contributed by atoms with Crippen molar-refractivity contribution in [2.75, 3.05) is 17.3 Å². The van der Waals surface area contributed by atoms with Crippen LogP contribution in [0.1, 0.15) is 322 Å². The lowest BCUT2D eigenvalue weighted by molar-refractivity contribution is 0.535. The van der Waals surface area contributed by atoms with E-state index in [2.05, 4.69) is 75.1 Å². The predicted molar refractivity (Wildman–Crippen MR) is 293 cm³/mol. The third kappa shape index (κ3) is 40.5. The molecular weight excluding hydrogens is 805 g/mol. The minimum atomic E-state index is 1.16. The molecule has 0 bridgehead atoms. The van der Waals surface area contributed by atoms with Crippen LogP contribution >= 0.6 is 35.3 Å². The number of benzene rings is 1. The Morgan fingerprint density at radius 3 is 0.645 bits per heavy atom. The number of aryl methyl sites for hydroxylation is 1. The largest absolute Gasteiger partial charge is 0.125 e. The van der Waals surface area contributed by atoms with Gasteiger partial charge in [-0.1, -0.05) is 297 Å². The van der Waals surface area contributed by atoms with Gasteiger partial charge in [-0.25, -0.2) is 0 Å². The molecule has 0 heterocycles. The summed E-state index contributed by atoms with van der Waals surface area (Å²) < 4.78 is 0. The third-order valence-corrected chi connectivity index (χ3v) is 17.2. The normalized spacial score (nSPS) is 11.7. The van der Waals surface area contributed by atoms with Gasteiger partial charge in [0.1, 0.15) is 0 Å². The van der Waals surface area contributed by atoms with Crippen LogP contribution in [-0.2, 0) is 6.42 Å². The first kappa shape index (κ1) is 60.3. The lowest BCUT2D eigenvalue weighted by atomic mass is 10.0. The van der Waals surface area contributed by atoms with E-state index < -0.39 is 0 Å². The molecule has 0 N–H and O–H groups in total. The van der Waals surface area contributed by atoms with Crippen molar-refractivity contribution >= 4 is 35.3 Å². The molecule has 0 radical (unpaired) electrons. The highest BCUT2D eigenvalue weighted by atomic mass is 32.2.